The average Bonchev–Trinajstić information content (AvgIpc) is 2.60. The Kier molecular flexibility index (Phi) is 1.83. The van der Waals surface area contributed by atoms with E-state index in [1.165, 1.54) is 25.8 Å². The molecule has 1 aliphatic carbocycles. The summed E-state index contributed by atoms with van der Waals surface area (Å²) in [6, 6.07) is 0.849. The van der Waals surface area contributed by atoms with Crippen LogP contribution in [0, 0.1) is 12.5 Å². The first-order valence-corrected chi connectivity index (χ1v) is 4.47. The molecule has 0 aromatic heterocycles. The second-order valence-corrected chi connectivity index (χ2v) is 3.71. The zero-order valence-corrected chi connectivity index (χ0v) is 6.79. The van der Waals surface area contributed by atoms with Gasteiger partial charge in [0.15, 0.2) is 0 Å². The highest BCUT2D eigenvalue weighted by molar-refractivity contribution is 4.92. The van der Waals surface area contributed by atoms with E-state index in [-0.39, 0.29) is 0 Å². The van der Waals surface area contributed by atoms with Crippen LogP contribution in [0.5, 0.6) is 0 Å². The number of hydrogen-bond donors (Lipinski definition) is 0. The van der Waals surface area contributed by atoms with Gasteiger partial charge in [-0.3, -0.25) is 4.90 Å². The van der Waals surface area contributed by atoms with E-state index in [0.29, 0.717) is 6.54 Å². The van der Waals surface area contributed by atoms with Gasteiger partial charge < -0.3 is 4.85 Å². The SMILES string of the molecule is [C-]#[N+]CCN1CC2CCC1C2. The highest BCUT2D eigenvalue weighted by Crippen LogP contribution is 2.36. The molecule has 0 radical (unpaired) electrons. The summed E-state index contributed by atoms with van der Waals surface area (Å²) < 4.78 is 0. The summed E-state index contributed by atoms with van der Waals surface area (Å²) in [5.74, 6) is 0.978. The summed E-state index contributed by atoms with van der Waals surface area (Å²) in [6.07, 6.45) is 4.25. The molecule has 0 spiro atoms. The van der Waals surface area contributed by atoms with Crippen LogP contribution < -0.4 is 0 Å². The van der Waals surface area contributed by atoms with Crippen molar-refractivity contribution in [3.8, 4) is 0 Å². The van der Waals surface area contributed by atoms with Gasteiger partial charge in [-0.25, -0.2) is 6.57 Å². The number of fused-ring (bicyclic) bond motifs is 2. The van der Waals surface area contributed by atoms with Gasteiger partial charge in [-0.1, -0.05) is 0 Å². The number of likely N-dealkylation sites (tertiary alicyclic amines) is 1. The third kappa shape index (κ3) is 1.25. The molecule has 2 atom stereocenters. The summed E-state index contributed by atoms with van der Waals surface area (Å²) in [5, 5.41) is 0. The number of hydrogen-bond acceptors (Lipinski definition) is 1. The summed E-state index contributed by atoms with van der Waals surface area (Å²) >= 11 is 0. The molecule has 2 heteroatoms. The second kappa shape index (κ2) is 2.83. The molecular formula is C9H14N2. The molecule has 2 aliphatic rings. The minimum atomic E-state index is 0.698. The summed E-state index contributed by atoms with van der Waals surface area (Å²) in [4.78, 5) is 5.90. The fourth-order valence-corrected chi connectivity index (χ4v) is 2.48. The molecule has 60 valence electrons. The van der Waals surface area contributed by atoms with E-state index in [1.54, 1.807) is 0 Å². The monoisotopic (exact) mass is 150 g/mol. The molecule has 2 unspecified atom stereocenters. The quantitative estimate of drug-likeness (QED) is 0.540. The van der Waals surface area contributed by atoms with Gasteiger partial charge in [0.25, 0.3) is 0 Å². The predicted molar refractivity (Wildman–Crippen MR) is 44.2 cm³/mol. The summed E-state index contributed by atoms with van der Waals surface area (Å²) in [5.41, 5.74) is 0. The lowest BCUT2D eigenvalue weighted by atomic mass is 10.1. The van der Waals surface area contributed by atoms with Gasteiger partial charge in [0.05, 0.1) is 6.54 Å². The van der Waals surface area contributed by atoms with Crippen molar-refractivity contribution in [2.75, 3.05) is 19.6 Å². The van der Waals surface area contributed by atoms with E-state index < -0.39 is 0 Å². The normalized spacial score (nSPS) is 35.9. The maximum atomic E-state index is 6.70. The molecule has 2 fully saturated rings. The molecule has 1 aliphatic heterocycles. The van der Waals surface area contributed by atoms with Gasteiger partial charge >= 0.3 is 0 Å². The summed E-state index contributed by atoms with van der Waals surface area (Å²) in [7, 11) is 0. The standard InChI is InChI=1S/C9H14N2/c1-10-4-5-11-7-8-2-3-9(11)6-8/h8-9H,2-7H2. The van der Waals surface area contributed by atoms with Gasteiger partial charge in [-0.05, 0) is 25.2 Å². The molecule has 1 heterocycles. The average molecular weight is 150 g/mol. The highest BCUT2D eigenvalue weighted by atomic mass is 15.2. The first kappa shape index (κ1) is 7.12. The third-order valence-electron chi connectivity index (χ3n) is 3.02. The van der Waals surface area contributed by atoms with Crippen LogP contribution in [-0.4, -0.2) is 30.6 Å². The minimum Gasteiger partial charge on any atom is -0.316 e. The van der Waals surface area contributed by atoms with Crippen molar-refractivity contribution in [2.24, 2.45) is 5.92 Å². The van der Waals surface area contributed by atoms with Crippen LogP contribution in [0.1, 0.15) is 19.3 Å². The summed E-state index contributed by atoms with van der Waals surface area (Å²) in [6.45, 7) is 9.69. The van der Waals surface area contributed by atoms with Crippen molar-refractivity contribution in [3.63, 3.8) is 0 Å². The van der Waals surface area contributed by atoms with Crippen molar-refractivity contribution >= 4 is 0 Å². The fraction of sp³-hybridized carbons (Fsp3) is 0.889. The lowest BCUT2D eigenvalue weighted by Gasteiger charge is -2.24. The molecule has 0 aromatic rings. The molecule has 1 saturated heterocycles. The fourth-order valence-electron chi connectivity index (χ4n) is 2.48. The van der Waals surface area contributed by atoms with Crippen molar-refractivity contribution in [2.45, 2.75) is 25.3 Å². The minimum absolute atomic E-state index is 0.698. The second-order valence-electron chi connectivity index (χ2n) is 3.71. The van der Waals surface area contributed by atoms with Gasteiger partial charge in [0.2, 0.25) is 6.54 Å². The van der Waals surface area contributed by atoms with E-state index in [4.69, 9.17) is 6.57 Å². The number of rotatable bonds is 2. The zero-order valence-electron chi connectivity index (χ0n) is 6.79. The van der Waals surface area contributed by atoms with E-state index in [0.717, 1.165) is 18.5 Å². The molecule has 2 rings (SSSR count). The lowest BCUT2D eigenvalue weighted by Crippen LogP contribution is -2.33. The van der Waals surface area contributed by atoms with Crippen LogP contribution in [0.15, 0.2) is 0 Å². The Labute approximate surface area is 68.0 Å². The first-order chi connectivity index (χ1) is 5.40. The van der Waals surface area contributed by atoms with E-state index in [9.17, 15) is 0 Å². The number of piperidine rings is 1. The Morgan fingerprint density at radius 3 is 2.91 bits per heavy atom. The lowest BCUT2D eigenvalue weighted by molar-refractivity contribution is 0.223. The maximum Gasteiger partial charge on any atom is 0.227 e. The zero-order chi connectivity index (χ0) is 7.68. The topological polar surface area (TPSA) is 7.60 Å². The van der Waals surface area contributed by atoms with Crippen LogP contribution in [0.25, 0.3) is 4.85 Å². The largest absolute Gasteiger partial charge is 0.316 e. The Morgan fingerprint density at radius 1 is 1.45 bits per heavy atom. The van der Waals surface area contributed by atoms with Crippen molar-refractivity contribution in [3.05, 3.63) is 11.4 Å². The number of nitrogens with zero attached hydrogens (tertiary/aromatic N) is 2. The highest BCUT2D eigenvalue weighted by Gasteiger charge is 2.37. The van der Waals surface area contributed by atoms with E-state index in [2.05, 4.69) is 9.74 Å². The van der Waals surface area contributed by atoms with Crippen LogP contribution >= 0.6 is 0 Å². The van der Waals surface area contributed by atoms with Crippen LogP contribution in [0.2, 0.25) is 0 Å². The maximum absolute atomic E-state index is 6.70. The predicted octanol–water partition coefficient (Wildman–Crippen LogP) is 1.39. The molecule has 0 N–H and O–H groups in total. The molecule has 1 saturated carbocycles. The van der Waals surface area contributed by atoms with Crippen molar-refractivity contribution < 1.29 is 0 Å². The smallest absolute Gasteiger partial charge is 0.227 e. The Hall–Kier alpha value is -0.550. The van der Waals surface area contributed by atoms with Gasteiger partial charge in [-0.15, -0.1) is 0 Å². The molecule has 0 amide bonds. The molecule has 2 nitrogen and oxygen atoms in total. The Balaban J connectivity index is 1.84. The van der Waals surface area contributed by atoms with E-state index >= 15 is 0 Å². The Morgan fingerprint density at radius 2 is 2.36 bits per heavy atom. The van der Waals surface area contributed by atoms with Crippen LogP contribution in [0.4, 0.5) is 0 Å². The van der Waals surface area contributed by atoms with Crippen molar-refractivity contribution in [1.29, 1.82) is 0 Å². The third-order valence-corrected chi connectivity index (χ3v) is 3.02. The molecule has 0 aromatic carbocycles. The van der Waals surface area contributed by atoms with Gasteiger partial charge in [-0.2, -0.15) is 0 Å². The molecule has 2 bridgehead atoms. The first-order valence-electron chi connectivity index (χ1n) is 4.47. The van der Waals surface area contributed by atoms with Crippen molar-refractivity contribution in [1.82, 2.24) is 4.90 Å². The van der Waals surface area contributed by atoms with Gasteiger partial charge in [0.1, 0.15) is 0 Å². The van der Waals surface area contributed by atoms with Gasteiger partial charge in [0, 0.05) is 12.6 Å². The Bertz CT molecular complexity index is 182. The van der Waals surface area contributed by atoms with Crippen LogP contribution in [-0.2, 0) is 0 Å². The van der Waals surface area contributed by atoms with E-state index in [1.807, 2.05) is 0 Å². The molecule has 11 heavy (non-hydrogen) atoms. The molecular weight excluding hydrogens is 136 g/mol. The van der Waals surface area contributed by atoms with Crippen LogP contribution in [0.3, 0.4) is 0 Å².